The van der Waals surface area contributed by atoms with Gasteiger partial charge in [0.15, 0.2) is 0 Å². The van der Waals surface area contributed by atoms with Crippen molar-refractivity contribution in [2.24, 2.45) is 5.73 Å². The summed E-state index contributed by atoms with van der Waals surface area (Å²) in [6, 6.07) is 0. The molecule has 0 heterocycles. The fraction of sp³-hybridized carbons (Fsp3) is 0.818. The van der Waals surface area contributed by atoms with Gasteiger partial charge in [0.1, 0.15) is 5.54 Å². The Bertz CT molecular complexity index is 258. The predicted octanol–water partition coefficient (Wildman–Crippen LogP) is -0.195. The summed E-state index contributed by atoms with van der Waals surface area (Å²) in [6.07, 6.45) is 0.977. The zero-order valence-electron chi connectivity index (χ0n) is 11.2. The van der Waals surface area contributed by atoms with Gasteiger partial charge in [-0.25, -0.2) is 0 Å². The van der Waals surface area contributed by atoms with Crippen molar-refractivity contribution < 1.29 is 14.3 Å². The molecule has 18 heavy (non-hydrogen) atoms. The molecule has 6 nitrogen and oxygen atoms in total. The normalized spacial score (nSPS) is 10.6. The van der Waals surface area contributed by atoms with Crippen LogP contribution in [0, 0.1) is 0 Å². The maximum absolute atomic E-state index is 11.6. The highest BCUT2D eigenvalue weighted by Crippen LogP contribution is 2.13. The second kappa shape index (κ2) is 10.1. The summed E-state index contributed by atoms with van der Waals surface area (Å²) in [5.74, 6) is -0.726. The molecule has 0 spiro atoms. The molecule has 0 fully saturated rings. The molecule has 0 aromatic heterocycles. The van der Waals surface area contributed by atoms with Crippen molar-refractivity contribution in [2.75, 3.05) is 26.8 Å². The Balaban J connectivity index is 0. The van der Waals surface area contributed by atoms with E-state index in [1.54, 1.807) is 7.11 Å². The molecule has 0 radical (unpaired) electrons. The molecule has 0 aliphatic carbocycles. The number of nitrogens with two attached hydrogens (primary N) is 1. The van der Waals surface area contributed by atoms with Gasteiger partial charge in [-0.05, 0) is 12.8 Å². The molecular weight excluding hydrogens is 258 g/mol. The van der Waals surface area contributed by atoms with E-state index in [1.807, 2.05) is 13.8 Å². The monoisotopic (exact) mass is 281 g/mol. The average molecular weight is 282 g/mol. The molecule has 7 heteroatoms. The van der Waals surface area contributed by atoms with Gasteiger partial charge in [0.05, 0.1) is 13.2 Å². The Kier molecular flexibility index (Phi) is 10.9. The third kappa shape index (κ3) is 6.18. The van der Waals surface area contributed by atoms with Crippen LogP contribution in [0.25, 0.3) is 0 Å². The summed E-state index contributed by atoms with van der Waals surface area (Å²) in [7, 11) is 1.59. The second-order valence-electron chi connectivity index (χ2n) is 3.87. The molecule has 0 aromatic rings. The smallest absolute Gasteiger partial charge is 0.243 e. The van der Waals surface area contributed by atoms with Crippen molar-refractivity contribution >= 4 is 24.2 Å². The molecule has 0 unspecified atom stereocenters. The quantitative estimate of drug-likeness (QED) is 0.511. The van der Waals surface area contributed by atoms with Crippen LogP contribution in [0.1, 0.15) is 26.7 Å². The van der Waals surface area contributed by atoms with E-state index in [4.69, 9.17) is 10.5 Å². The number of rotatable bonds is 9. The molecule has 108 valence electrons. The summed E-state index contributed by atoms with van der Waals surface area (Å²) in [5, 5.41) is 5.60. The van der Waals surface area contributed by atoms with E-state index in [1.165, 1.54) is 0 Å². The van der Waals surface area contributed by atoms with E-state index in [0.717, 1.165) is 0 Å². The van der Waals surface area contributed by atoms with Crippen LogP contribution in [0.15, 0.2) is 0 Å². The highest BCUT2D eigenvalue weighted by molar-refractivity contribution is 5.90. The number of nitrogens with one attached hydrogen (secondary N) is 2. The van der Waals surface area contributed by atoms with Crippen LogP contribution in [0.3, 0.4) is 0 Å². The summed E-state index contributed by atoms with van der Waals surface area (Å²) in [4.78, 5) is 23.0. The minimum Gasteiger partial charge on any atom is -0.383 e. The molecule has 4 N–H and O–H groups in total. The fourth-order valence-corrected chi connectivity index (χ4v) is 1.52. The molecule has 0 aliphatic rings. The third-order valence-corrected chi connectivity index (χ3v) is 2.83. The summed E-state index contributed by atoms with van der Waals surface area (Å²) >= 11 is 0. The van der Waals surface area contributed by atoms with Gasteiger partial charge < -0.3 is 21.1 Å². The van der Waals surface area contributed by atoms with Crippen LogP contribution in [0.2, 0.25) is 0 Å². The lowest BCUT2D eigenvalue weighted by atomic mass is 9.92. The Morgan fingerprint density at radius 2 is 1.83 bits per heavy atom. The number of amides is 2. The average Bonchev–Trinajstić information content (AvgIpc) is 2.31. The number of primary amides is 1. The first kappa shape index (κ1) is 19.5. The largest absolute Gasteiger partial charge is 0.383 e. The number of halogens is 1. The topological polar surface area (TPSA) is 93.4 Å². The molecule has 0 saturated carbocycles. The maximum atomic E-state index is 11.6. The molecule has 0 saturated heterocycles. The predicted molar refractivity (Wildman–Crippen MR) is 72.6 cm³/mol. The standard InChI is InChI=1S/C11H23N3O3.ClH/c1-4-11(5-2,10(12)16)14-9(15)8-13-6-7-17-3;/h13H,4-8H2,1-3H3,(H2,12,16)(H,14,15);1H. The number of carbonyl (C=O) groups is 2. The van der Waals surface area contributed by atoms with Gasteiger partial charge in [0.2, 0.25) is 11.8 Å². The number of hydrogen-bond donors (Lipinski definition) is 3. The van der Waals surface area contributed by atoms with Crippen molar-refractivity contribution in [2.45, 2.75) is 32.2 Å². The van der Waals surface area contributed by atoms with Gasteiger partial charge >= 0.3 is 0 Å². The van der Waals surface area contributed by atoms with Gasteiger partial charge in [-0.15, -0.1) is 12.4 Å². The molecule has 0 atom stereocenters. The Morgan fingerprint density at radius 1 is 1.28 bits per heavy atom. The van der Waals surface area contributed by atoms with Gasteiger partial charge in [-0.2, -0.15) is 0 Å². The number of hydrogen-bond acceptors (Lipinski definition) is 4. The van der Waals surface area contributed by atoms with E-state index >= 15 is 0 Å². The summed E-state index contributed by atoms with van der Waals surface area (Å²) in [5.41, 5.74) is 4.39. The summed E-state index contributed by atoms with van der Waals surface area (Å²) < 4.78 is 4.84. The zero-order chi connectivity index (χ0) is 13.3. The van der Waals surface area contributed by atoms with Crippen LogP contribution in [0.4, 0.5) is 0 Å². The Labute approximate surface area is 114 Å². The lowest BCUT2D eigenvalue weighted by molar-refractivity contribution is -0.131. The number of carbonyl (C=O) groups excluding carboxylic acids is 2. The van der Waals surface area contributed by atoms with Crippen LogP contribution in [-0.2, 0) is 14.3 Å². The number of ether oxygens (including phenoxy) is 1. The Morgan fingerprint density at radius 3 is 2.22 bits per heavy atom. The van der Waals surface area contributed by atoms with E-state index < -0.39 is 11.4 Å². The van der Waals surface area contributed by atoms with E-state index in [0.29, 0.717) is 26.0 Å². The van der Waals surface area contributed by atoms with Crippen molar-refractivity contribution in [1.82, 2.24) is 10.6 Å². The van der Waals surface area contributed by atoms with Gasteiger partial charge in [-0.3, -0.25) is 9.59 Å². The first-order valence-electron chi connectivity index (χ1n) is 5.83. The molecule has 0 aromatic carbocycles. The lowest BCUT2D eigenvalue weighted by Crippen LogP contribution is -2.58. The van der Waals surface area contributed by atoms with Crippen molar-refractivity contribution in [3.8, 4) is 0 Å². The molecule has 0 bridgehead atoms. The van der Waals surface area contributed by atoms with Gasteiger partial charge in [-0.1, -0.05) is 13.8 Å². The molecular formula is C11H24ClN3O3. The maximum Gasteiger partial charge on any atom is 0.243 e. The fourth-order valence-electron chi connectivity index (χ4n) is 1.52. The molecule has 0 rings (SSSR count). The van der Waals surface area contributed by atoms with Crippen molar-refractivity contribution in [3.63, 3.8) is 0 Å². The summed E-state index contributed by atoms with van der Waals surface area (Å²) in [6.45, 7) is 4.93. The molecule has 0 aliphatic heterocycles. The van der Waals surface area contributed by atoms with E-state index in [2.05, 4.69) is 10.6 Å². The van der Waals surface area contributed by atoms with Crippen LogP contribution >= 0.6 is 12.4 Å². The Hall–Kier alpha value is -0.850. The van der Waals surface area contributed by atoms with Crippen molar-refractivity contribution in [1.29, 1.82) is 0 Å². The highest BCUT2D eigenvalue weighted by atomic mass is 35.5. The third-order valence-electron chi connectivity index (χ3n) is 2.83. The van der Waals surface area contributed by atoms with E-state index in [-0.39, 0.29) is 24.9 Å². The van der Waals surface area contributed by atoms with Crippen LogP contribution < -0.4 is 16.4 Å². The second-order valence-corrected chi connectivity index (χ2v) is 3.87. The van der Waals surface area contributed by atoms with E-state index in [9.17, 15) is 9.59 Å². The van der Waals surface area contributed by atoms with Crippen molar-refractivity contribution in [3.05, 3.63) is 0 Å². The SMILES string of the molecule is CCC(CC)(NC(=O)CNCCOC)C(N)=O.Cl. The van der Waals surface area contributed by atoms with Crippen LogP contribution in [-0.4, -0.2) is 44.2 Å². The lowest BCUT2D eigenvalue weighted by Gasteiger charge is -2.29. The molecule has 2 amide bonds. The van der Waals surface area contributed by atoms with Crippen LogP contribution in [0.5, 0.6) is 0 Å². The van der Waals surface area contributed by atoms with Gasteiger partial charge in [0.25, 0.3) is 0 Å². The minimum absolute atomic E-state index is 0. The van der Waals surface area contributed by atoms with Gasteiger partial charge in [0, 0.05) is 13.7 Å². The number of methoxy groups -OCH3 is 1. The minimum atomic E-state index is -0.931. The first-order chi connectivity index (χ1) is 8.02. The zero-order valence-corrected chi connectivity index (χ0v) is 12.1. The first-order valence-corrected chi connectivity index (χ1v) is 5.83. The highest BCUT2D eigenvalue weighted by Gasteiger charge is 2.34.